The summed E-state index contributed by atoms with van der Waals surface area (Å²) in [5.74, 6) is -0.625. The summed E-state index contributed by atoms with van der Waals surface area (Å²) in [5.41, 5.74) is 0. The van der Waals surface area contributed by atoms with Gasteiger partial charge in [-0.25, -0.2) is 4.31 Å². The average Bonchev–Trinajstić information content (AvgIpc) is 2.43. The van der Waals surface area contributed by atoms with Crippen molar-refractivity contribution >= 4 is 58.6 Å². The number of carbonyl (C=O) groups excluding carboxylic acids is 2. The fourth-order valence-corrected chi connectivity index (χ4v) is 3.96. The van der Waals surface area contributed by atoms with Crippen molar-refractivity contribution in [3.05, 3.63) is 0 Å². The lowest BCUT2D eigenvalue weighted by atomic mass is 9.74. The summed E-state index contributed by atoms with van der Waals surface area (Å²) in [6.07, 6.45) is 2.72. The molecule has 1 heterocycles. The van der Waals surface area contributed by atoms with E-state index in [2.05, 4.69) is 0 Å². The molecule has 1 saturated carbocycles. The summed E-state index contributed by atoms with van der Waals surface area (Å²) in [7, 11) is 0. The van der Waals surface area contributed by atoms with Crippen LogP contribution in [0.25, 0.3) is 0 Å². The minimum absolute atomic E-state index is 0.205. The number of fused-ring (bicyclic) bond motifs is 1. The van der Waals surface area contributed by atoms with Crippen LogP contribution >= 0.6 is 46.8 Å². The summed E-state index contributed by atoms with van der Waals surface area (Å²) in [6, 6.07) is 0. The Morgan fingerprint density at radius 1 is 1.24 bits per heavy atom. The van der Waals surface area contributed by atoms with Crippen molar-refractivity contribution < 1.29 is 9.59 Å². The van der Waals surface area contributed by atoms with Gasteiger partial charge in [0, 0.05) is 11.9 Å². The number of nitrogens with zero attached hydrogens (tertiary/aromatic N) is 1. The van der Waals surface area contributed by atoms with Crippen molar-refractivity contribution in [2.75, 3.05) is 0 Å². The maximum atomic E-state index is 12.1. The smallest absolute Gasteiger partial charge is 0.256 e. The third-order valence-electron chi connectivity index (χ3n) is 3.42. The highest BCUT2D eigenvalue weighted by Crippen LogP contribution is 2.49. The van der Waals surface area contributed by atoms with Crippen LogP contribution in [0.3, 0.4) is 0 Å². The maximum absolute atomic E-state index is 12.1. The normalized spacial score (nSPS) is 34.1. The quantitative estimate of drug-likeness (QED) is 0.423. The third kappa shape index (κ3) is 2.70. The first-order chi connectivity index (χ1) is 7.81. The Morgan fingerprint density at radius 3 is 2.41 bits per heavy atom. The fourth-order valence-electron chi connectivity index (χ4n) is 2.70. The van der Waals surface area contributed by atoms with Gasteiger partial charge in [-0.2, -0.15) is 0 Å². The van der Waals surface area contributed by atoms with Crippen LogP contribution in [0.2, 0.25) is 0 Å². The summed E-state index contributed by atoms with van der Waals surface area (Å²) >= 11 is 17.6. The van der Waals surface area contributed by atoms with Crippen LogP contribution in [0.5, 0.6) is 0 Å². The van der Waals surface area contributed by atoms with E-state index < -0.39 is 3.12 Å². The summed E-state index contributed by atoms with van der Waals surface area (Å²) in [4.78, 5) is 24.2. The summed E-state index contributed by atoms with van der Waals surface area (Å²) in [6.45, 7) is 2.01. The molecule has 1 saturated heterocycles. The fraction of sp³-hybridized carbons (Fsp3) is 0.800. The first-order valence-electron chi connectivity index (χ1n) is 5.45. The highest BCUT2D eigenvalue weighted by Gasteiger charge is 2.53. The zero-order chi connectivity index (χ0) is 12.8. The standard InChI is InChI=1S/C10H12Cl3NO2S/c1-5-3-2-4-6-7(5)9(16)14(8(6)15)17-10(11,12)13/h5-7H,2-4H2,1H3. The van der Waals surface area contributed by atoms with E-state index in [-0.39, 0.29) is 29.6 Å². The number of alkyl halides is 3. The monoisotopic (exact) mass is 315 g/mol. The van der Waals surface area contributed by atoms with Crippen LogP contribution in [-0.2, 0) is 9.59 Å². The van der Waals surface area contributed by atoms with E-state index in [9.17, 15) is 9.59 Å². The first-order valence-corrected chi connectivity index (χ1v) is 7.35. The molecule has 1 aliphatic carbocycles. The molecule has 96 valence electrons. The van der Waals surface area contributed by atoms with Gasteiger partial charge < -0.3 is 0 Å². The Labute approximate surface area is 119 Å². The zero-order valence-electron chi connectivity index (χ0n) is 9.16. The van der Waals surface area contributed by atoms with Crippen molar-refractivity contribution in [2.45, 2.75) is 29.3 Å². The van der Waals surface area contributed by atoms with E-state index in [1.54, 1.807) is 0 Å². The SMILES string of the molecule is CC1CCCC2C(=O)N(SC(Cl)(Cl)Cl)C(=O)C12. The van der Waals surface area contributed by atoms with Gasteiger partial charge in [0.1, 0.15) is 0 Å². The number of rotatable bonds is 1. The van der Waals surface area contributed by atoms with Gasteiger partial charge in [0.25, 0.3) is 3.12 Å². The molecule has 0 spiro atoms. The van der Waals surface area contributed by atoms with Crippen LogP contribution in [0, 0.1) is 17.8 Å². The van der Waals surface area contributed by atoms with E-state index in [1.807, 2.05) is 6.92 Å². The molecular formula is C10H12Cl3NO2S. The Morgan fingerprint density at radius 2 is 1.88 bits per heavy atom. The minimum Gasteiger partial charge on any atom is -0.273 e. The van der Waals surface area contributed by atoms with Crippen molar-refractivity contribution in [1.82, 2.24) is 4.31 Å². The lowest BCUT2D eigenvalue weighted by molar-refractivity contribution is -0.133. The molecule has 7 heteroatoms. The van der Waals surface area contributed by atoms with Crippen molar-refractivity contribution in [1.29, 1.82) is 0 Å². The van der Waals surface area contributed by atoms with E-state index in [1.165, 1.54) is 0 Å². The molecule has 3 nitrogen and oxygen atoms in total. The van der Waals surface area contributed by atoms with Gasteiger partial charge in [-0.05, 0) is 18.8 Å². The second-order valence-corrected chi connectivity index (χ2v) is 8.66. The molecule has 2 aliphatic rings. The molecule has 2 fully saturated rings. The molecule has 3 atom stereocenters. The Balaban J connectivity index is 2.21. The first kappa shape index (κ1) is 13.8. The number of amides is 2. The lowest BCUT2D eigenvalue weighted by Crippen LogP contribution is -2.29. The van der Waals surface area contributed by atoms with E-state index >= 15 is 0 Å². The Hall–Kier alpha value is 0.360. The van der Waals surface area contributed by atoms with Crippen molar-refractivity contribution in [2.24, 2.45) is 17.8 Å². The Kier molecular flexibility index (Phi) is 3.89. The molecular weight excluding hydrogens is 305 g/mol. The van der Waals surface area contributed by atoms with Crippen LogP contribution in [0.4, 0.5) is 0 Å². The maximum Gasteiger partial charge on any atom is 0.256 e. The predicted octanol–water partition coefficient (Wildman–Crippen LogP) is 3.38. The molecule has 0 aromatic heterocycles. The average molecular weight is 317 g/mol. The van der Waals surface area contributed by atoms with Crippen LogP contribution in [-0.4, -0.2) is 19.2 Å². The van der Waals surface area contributed by atoms with Gasteiger partial charge in [0.2, 0.25) is 11.8 Å². The number of hydrogen-bond acceptors (Lipinski definition) is 3. The summed E-state index contributed by atoms with van der Waals surface area (Å²) < 4.78 is -0.633. The number of halogens is 3. The zero-order valence-corrected chi connectivity index (χ0v) is 12.2. The van der Waals surface area contributed by atoms with E-state index in [4.69, 9.17) is 34.8 Å². The number of hydrogen-bond donors (Lipinski definition) is 0. The lowest BCUT2D eigenvalue weighted by Gasteiger charge is -2.27. The van der Waals surface area contributed by atoms with Crippen molar-refractivity contribution in [3.8, 4) is 0 Å². The largest absolute Gasteiger partial charge is 0.273 e. The van der Waals surface area contributed by atoms with Gasteiger partial charge in [-0.3, -0.25) is 9.59 Å². The third-order valence-corrected chi connectivity index (χ3v) is 4.79. The second-order valence-electron chi connectivity index (χ2n) is 4.55. The van der Waals surface area contributed by atoms with Gasteiger partial charge in [0.05, 0.1) is 11.8 Å². The van der Waals surface area contributed by atoms with Gasteiger partial charge in [0.15, 0.2) is 0 Å². The highest BCUT2D eigenvalue weighted by molar-refractivity contribution is 8.03. The Bertz CT molecular complexity index is 358. The van der Waals surface area contributed by atoms with Crippen LogP contribution in [0.15, 0.2) is 0 Å². The number of carbonyl (C=O) groups is 2. The second kappa shape index (κ2) is 4.80. The highest BCUT2D eigenvalue weighted by atomic mass is 35.6. The molecule has 0 bridgehead atoms. The molecule has 1 aliphatic heterocycles. The van der Waals surface area contributed by atoms with E-state index in [0.717, 1.165) is 23.6 Å². The molecule has 2 amide bonds. The molecule has 0 aromatic carbocycles. The van der Waals surface area contributed by atoms with E-state index in [0.29, 0.717) is 11.9 Å². The molecule has 0 N–H and O–H groups in total. The predicted molar refractivity (Wildman–Crippen MR) is 69.7 cm³/mol. The van der Waals surface area contributed by atoms with Crippen LogP contribution in [0.1, 0.15) is 26.2 Å². The molecule has 0 aromatic rings. The topological polar surface area (TPSA) is 37.4 Å². The molecule has 3 unspecified atom stereocenters. The van der Waals surface area contributed by atoms with Crippen molar-refractivity contribution in [3.63, 3.8) is 0 Å². The number of imide groups is 1. The summed E-state index contributed by atoms with van der Waals surface area (Å²) in [5, 5.41) is 0. The van der Waals surface area contributed by atoms with Crippen LogP contribution < -0.4 is 0 Å². The molecule has 2 rings (SSSR count). The van der Waals surface area contributed by atoms with Gasteiger partial charge in [-0.1, -0.05) is 48.1 Å². The van der Waals surface area contributed by atoms with Gasteiger partial charge in [-0.15, -0.1) is 0 Å². The minimum atomic E-state index is -1.68. The molecule has 17 heavy (non-hydrogen) atoms. The van der Waals surface area contributed by atoms with Gasteiger partial charge >= 0.3 is 0 Å². The molecule has 0 radical (unpaired) electrons.